The molecule has 0 atom stereocenters. The minimum Gasteiger partial charge on any atom is -0.392 e. The predicted octanol–water partition coefficient (Wildman–Crippen LogP) is 1.91. The number of nitrogens with zero attached hydrogens (tertiary/aromatic N) is 2. The monoisotopic (exact) mass is 196 g/mol. The van der Waals surface area contributed by atoms with Crippen molar-refractivity contribution in [2.24, 2.45) is 0 Å². The number of allylic oxidation sites excluding steroid dienone is 1. The zero-order valence-electron chi connectivity index (χ0n) is 7.16. The van der Waals surface area contributed by atoms with Gasteiger partial charge < -0.3 is 9.67 Å². The number of aromatic nitrogens is 1. The molecule has 0 aliphatic rings. The highest BCUT2D eigenvalue weighted by molar-refractivity contribution is 6.27. The molecule has 0 spiro atoms. The van der Waals surface area contributed by atoms with E-state index in [1.807, 2.05) is 6.07 Å². The van der Waals surface area contributed by atoms with E-state index in [2.05, 4.69) is 0 Å². The van der Waals surface area contributed by atoms with Gasteiger partial charge in [-0.2, -0.15) is 5.26 Å². The molecule has 3 nitrogen and oxygen atoms in total. The van der Waals surface area contributed by atoms with Gasteiger partial charge in [0.1, 0.15) is 11.8 Å². The minimum atomic E-state index is -0.0722. The number of halogens is 1. The van der Waals surface area contributed by atoms with E-state index in [4.69, 9.17) is 22.0 Å². The van der Waals surface area contributed by atoms with Crippen molar-refractivity contribution in [2.75, 3.05) is 0 Å². The molecular formula is C9H9ClN2O. The van der Waals surface area contributed by atoms with Crippen molar-refractivity contribution in [3.63, 3.8) is 0 Å². The van der Waals surface area contributed by atoms with E-state index in [0.29, 0.717) is 11.3 Å². The van der Waals surface area contributed by atoms with E-state index >= 15 is 0 Å². The first-order valence-electron chi connectivity index (χ1n) is 3.72. The second kappa shape index (κ2) is 4.13. The molecule has 13 heavy (non-hydrogen) atoms. The molecule has 1 rings (SSSR count). The Labute approximate surface area is 81.5 Å². The van der Waals surface area contributed by atoms with Crippen LogP contribution in [0.1, 0.15) is 18.2 Å². The van der Waals surface area contributed by atoms with Crippen LogP contribution in [0.4, 0.5) is 0 Å². The SMILES string of the molecule is CC(=CCl)n1cc(CO)cc1C#N. The van der Waals surface area contributed by atoms with Crippen LogP contribution in [0.25, 0.3) is 5.70 Å². The first kappa shape index (κ1) is 9.85. The number of hydrogen-bond donors (Lipinski definition) is 1. The molecule has 1 aromatic rings. The number of nitriles is 1. The summed E-state index contributed by atoms with van der Waals surface area (Å²) < 4.78 is 1.64. The molecule has 0 aliphatic carbocycles. The summed E-state index contributed by atoms with van der Waals surface area (Å²) in [5, 5.41) is 17.6. The lowest BCUT2D eigenvalue weighted by atomic mass is 10.3. The zero-order valence-corrected chi connectivity index (χ0v) is 7.91. The first-order valence-corrected chi connectivity index (χ1v) is 4.16. The fraction of sp³-hybridized carbons (Fsp3) is 0.222. The lowest BCUT2D eigenvalue weighted by molar-refractivity contribution is 0.282. The number of rotatable bonds is 2. The second-order valence-electron chi connectivity index (χ2n) is 2.62. The van der Waals surface area contributed by atoms with Crippen molar-refractivity contribution in [3.05, 3.63) is 29.1 Å². The predicted molar refractivity (Wildman–Crippen MR) is 50.9 cm³/mol. The molecule has 1 N–H and O–H groups in total. The summed E-state index contributed by atoms with van der Waals surface area (Å²) in [4.78, 5) is 0. The van der Waals surface area contributed by atoms with Gasteiger partial charge in [-0.3, -0.25) is 0 Å². The highest BCUT2D eigenvalue weighted by atomic mass is 35.5. The van der Waals surface area contributed by atoms with Crippen molar-refractivity contribution in [1.82, 2.24) is 4.57 Å². The van der Waals surface area contributed by atoms with Crippen LogP contribution in [-0.4, -0.2) is 9.67 Å². The van der Waals surface area contributed by atoms with Gasteiger partial charge in [0.25, 0.3) is 0 Å². The Morgan fingerprint density at radius 3 is 3.00 bits per heavy atom. The molecule has 4 heteroatoms. The molecule has 1 heterocycles. The van der Waals surface area contributed by atoms with E-state index in [1.54, 1.807) is 23.8 Å². The molecule has 0 saturated heterocycles. The van der Waals surface area contributed by atoms with Gasteiger partial charge in [-0.15, -0.1) is 0 Å². The lowest BCUT2D eigenvalue weighted by Crippen LogP contribution is -1.93. The summed E-state index contributed by atoms with van der Waals surface area (Å²) in [6, 6.07) is 3.65. The smallest absolute Gasteiger partial charge is 0.124 e. The molecular weight excluding hydrogens is 188 g/mol. The Morgan fingerprint density at radius 2 is 2.54 bits per heavy atom. The molecule has 0 saturated carbocycles. The van der Waals surface area contributed by atoms with Crippen LogP contribution in [0.3, 0.4) is 0 Å². The van der Waals surface area contributed by atoms with E-state index in [-0.39, 0.29) is 6.61 Å². The topological polar surface area (TPSA) is 49.0 Å². The molecule has 1 aromatic heterocycles. The first-order chi connectivity index (χ1) is 6.22. The normalized spacial score (nSPS) is 11.4. The Kier molecular flexibility index (Phi) is 3.13. The molecule has 0 unspecified atom stereocenters. The number of aliphatic hydroxyl groups is 1. The summed E-state index contributed by atoms with van der Waals surface area (Å²) in [6.45, 7) is 1.71. The summed E-state index contributed by atoms with van der Waals surface area (Å²) in [7, 11) is 0. The minimum absolute atomic E-state index is 0.0722. The van der Waals surface area contributed by atoms with E-state index in [9.17, 15) is 0 Å². The maximum Gasteiger partial charge on any atom is 0.124 e. The Balaban J connectivity index is 3.21. The van der Waals surface area contributed by atoms with Crippen LogP contribution in [0.5, 0.6) is 0 Å². The van der Waals surface area contributed by atoms with Gasteiger partial charge in [-0.1, -0.05) is 11.6 Å². The maximum atomic E-state index is 8.85. The number of aliphatic hydroxyl groups excluding tert-OH is 1. The summed E-state index contributed by atoms with van der Waals surface area (Å²) >= 11 is 5.51. The van der Waals surface area contributed by atoms with Crippen LogP contribution in [0.15, 0.2) is 17.8 Å². The highest BCUT2D eigenvalue weighted by Gasteiger charge is 2.05. The van der Waals surface area contributed by atoms with Crippen molar-refractivity contribution in [3.8, 4) is 6.07 Å². The van der Waals surface area contributed by atoms with Crippen molar-refractivity contribution in [2.45, 2.75) is 13.5 Å². The highest BCUT2D eigenvalue weighted by Crippen LogP contribution is 2.14. The lowest BCUT2D eigenvalue weighted by Gasteiger charge is -2.01. The zero-order chi connectivity index (χ0) is 9.84. The van der Waals surface area contributed by atoms with Crippen molar-refractivity contribution >= 4 is 17.3 Å². The fourth-order valence-electron chi connectivity index (χ4n) is 1.03. The molecule has 0 radical (unpaired) electrons. The Bertz CT molecular complexity index is 373. The van der Waals surface area contributed by atoms with Crippen LogP contribution in [0.2, 0.25) is 0 Å². The van der Waals surface area contributed by atoms with Gasteiger partial charge >= 0.3 is 0 Å². The van der Waals surface area contributed by atoms with Crippen LogP contribution >= 0.6 is 11.6 Å². The maximum absolute atomic E-state index is 8.85. The molecule has 0 aliphatic heterocycles. The molecule has 0 bridgehead atoms. The average molecular weight is 197 g/mol. The van der Waals surface area contributed by atoms with E-state index in [1.165, 1.54) is 5.54 Å². The molecule has 0 fully saturated rings. The van der Waals surface area contributed by atoms with Crippen LogP contribution in [0, 0.1) is 11.3 Å². The fourth-order valence-corrected chi connectivity index (χ4v) is 1.14. The van der Waals surface area contributed by atoms with Crippen molar-refractivity contribution < 1.29 is 5.11 Å². The second-order valence-corrected chi connectivity index (χ2v) is 2.84. The third-order valence-electron chi connectivity index (χ3n) is 1.71. The molecule has 0 amide bonds. The Hall–Kier alpha value is -1.24. The van der Waals surface area contributed by atoms with Gasteiger partial charge in [-0.05, 0) is 18.6 Å². The quantitative estimate of drug-likeness (QED) is 0.786. The van der Waals surface area contributed by atoms with Crippen molar-refractivity contribution in [1.29, 1.82) is 5.26 Å². The van der Waals surface area contributed by atoms with E-state index in [0.717, 1.165) is 5.70 Å². The van der Waals surface area contributed by atoms with Gasteiger partial charge in [0.15, 0.2) is 0 Å². The van der Waals surface area contributed by atoms with Gasteiger partial charge in [0.2, 0.25) is 0 Å². The number of hydrogen-bond acceptors (Lipinski definition) is 2. The molecule has 68 valence electrons. The largest absolute Gasteiger partial charge is 0.392 e. The third-order valence-corrected chi connectivity index (χ3v) is 2.03. The van der Waals surface area contributed by atoms with Crippen LogP contribution < -0.4 is 0 Å². The van der Waals surface area contributed by atoms with Gasteiger partial charge in [0.05, 0.1) is 6.61 Å². The third kappa shape index (κ3) is 1.92. The van der Waals surface area contributed by atoms with Gasteiger partial charge in [-0.25, -0.2) is 0 Å². The van der Waals surface area contributed by atoms with E-state index < -0.39 is 0 Å². The Morgan fingerprint density at radius 1 is 1.85 bits per heavy atom. The standard InChI is InChI=1S/C9H9ClN2O/c1-7(3-10)12-5-8(6-13)2-9(12)4-11/h2-3,5,13H,6H2,1H3. The summed E-state index contributed by atoms with van der Waals surface area (Å²) in [5.74, 6) is 0. The van der Waals surface area contributed by atoms with Gasteiger partial charge in [0, 0.05) is 17.4 Å². The van der Waals surface area contributed by atoms with Crippen LogP contribution in [-0.2, 0) is 6.61 Å². The summed E-state index contributed by atoms with van der Waals surface area (Å²) in [5.41, 5.74) is 3.31. The average Bonchev–Trinajstić information content (AvgIpc) is 2.59. The molecule has 0 aromatic carbocycles. The summed E-state index contributed by atoms with van der Waals surface area (Å²) in [6.07, 6.45) is 1.69.